The van der Waals surface area contributed by atoms with Gasteiger partial charge in [-0.05, 0) is 61.9 Å². The molecule has 4 rings (SSSR count). The maximum absolute atomic E-state index is 12.2. The number of hydrogen-bond acceptors (Lipinski definition) is 7. The van der Waals surface area contributed by atoms with E-state index in [0.29, 0.717) is 23.7 Å². The molecule has 3 aromatic rings. The van der Waals surface area contributed by atoms with Crippen molar-refractivity contribution in [2.24, 2.45) is 0 Å². The summed E-state index contributed by atoms with van der Waals surface area (Å²) in [5.41, 5.74) is 9.01. The van der Waals surface area contributed by atoms with Crippen molar-refractivity contribution in [3.05, 3.63) is 76.1 Å². The van der Waals surface area contributed by atoms with E-state index in [1.165, 1.54) is 44.6 Å². The van der Waals surface area contributed by atoms with Crippen molar-refractivity contribution in [3.8, 4) is 11.8 Å². The second-order valence-corrected chi connectivity index (χ2v) is 9.56. The Morgan fingerprint density at radius 2 is 1.77 bits per heavy atom. The number of carbonyl (C=O) groups excluding carboxylic acids is 1. The molecule has 0 unspecified atom stereocenters. The molecule has 1 heterocycles. The second kappa shape index (κ2) is 13.6. The summed E-state index contributed by atoms with van der Waals surface area (Å²) in [7, 11) is 1.87. The lowest BCUT2D eigenvalue weighted by molar-refractivity contribution is -0.138. The van der Waals surface area contributed by atoms with Crippen LogP contribution in [0.2, 0.25) is 0 Å². The third kappa shape index (κ3) is 8.06. The molecule has 40 heavy (non-hydrogen) atoms. The number of aryl methyl sites for hydroxylation is 2. The summed E-state index contributed by atoms with van der Waals surface area (Å²) in [5.74, 6) is 6.91. The number of rotatable bonds is 5. The van der Waals surface area contributed by atoms with Gasteiger partial charge in [0.15, 0.2) is 0 Å². The maximum atomic E-state index is 12.2. The Hall–Kier alpha value is -4.39. The van der Waals surface area contributed by atoms with Gasteiger partial charge in [0.2, 0.25) is 0 Å². The summed E-state index contributed by atoms with van der Waals surface area (Å²) in [5, 5.41) is 15.0. The Kier molecular flexibility index (Phi) is 10.3. The summed E-state index contributed by atoms with van der Waals surface area (Å²) in [6, 6.07) is 9.84. The minimum atomic E-state index is -4.39. The SMILES string of the molecule is CNc1ccc(C)c(C#CC(=N)c2c(N)ncnc2NC2CCCCC2)c1.Cc1ccc(C=O)cc1C(F)(F)F. The molecule has 1 aliphatic carbocycles. The highest BCUT2D eigenvalue weighted by Crippen LogP contribution is 2.32. The normalized spacial score (nSPS) is 13.2. The van der Waals surface area contributed by atoms with Crippen molar-refractivity contribution in [1.82, 2.24) is 9.97 Å². The Morgan fingerprint density at radius 3 is 2.42 bits per heavy atom. The number of nitrogens with two attached hydrogens (primary N) is 1. The molecule has 0 spiro atoms. The summed E-state index contributed by atoms with van der Waals surface area (Å²) < 4.78 is 36.7. The van der Waals surface area contributed by atoms with E-state index in [1.807, 2.05) is 32.2 Å². The maximum Gasteiger partial charge on any atom is 0.416 e. The fraction of sp³-hybridized carbons (Fsp3) is 0.333. The van der Waals surface area contributed by atoms with Crippen LogP contribution in [-0.4, -0.2) is 35.1 Å². The number of aldehydes is 1. The molecular formula is C30H33F3N6O. The van der Waals surface area contributed by atoms with E-state index in [4.69, 9.17) is 11.1 Å². The molecule has 0 atom stereocenters. The van der Waals surface area contributed by atoms with Gasteiger partial charge < -0.3 is 16.4 Å². The Balaban J connectivity index is 0.000000285. The third-order valence-corrected chi connectivity index (χ3v) is 6.62. The van der Waals surface area contributed by atoms with Gasteiger partial charge in [-0.1, -0.05) is 43.4 Å². The van der Waals surface area contributed by atoms with E-state index in [2.05, 4.69) is 32.4 Å². The summed E-state index contributed by atoms with van der Waals surface area (Å²) in [6.45, 7) is 3.36. The number of halogens is 3. The number of alkyl halides is 3. The number of hydrogen-bond donors (Lipinski definition) is 4. The topological polar surface area (TPSA) is 117 Å². The van der Waals surface area contributed by atoms with E-state index in [1.54, 1.807) is 0 Å². The summed E-state index contributed by atoms with van der Waals surface area (Å²) in [6.07, 6.45) is 3.38. The number of carbonyl (C=O) groups is 1. The highest BCUT2D eigenvalue weighted by Gasteiger charge is 2.32. The molecule has 1 aliphatic rings. The molecule has 210 valence electrons. The molecule has 2 aromatic carbocycles. The van der Waals surface area contributed by atoms with Gasteiger partial charge in [-0.15, -0.1) is 0 Å². The van der Waals surface area contributed by atoms with Crippen molar-refractivity contribution in [3.63, 3.8) is 0 Å². The molecule has 10 heteroatoms. The van der Waals surface area contributed by atoms with Gasteiger partial charge in [0.25, 0.3) is 0 Å². The number of nitrogens with zero attached hydrogens (tertiary/aromatic N) is 2. The first-order valence-electron chi connectivity index (χ1n) is 12.9. The summed E-state index contributed by atoms with van der Waals surface area (Å²) >= 11 is 0. The Morgan fingerprint density at radius 1 is 1.07 bits per heavy atom. The van der Waals surface area contributed by atoms with Crippen molar-refractivity contribution < 1.29 is 18.0 Å². The van der Waals surface area contributed by atoms with Crippen LogP contribution in [-0.2, 0) is 6.18 Å². The molecular weight excluding hydrogens is 517 g/mol. The zero-order valence-electron chi connectivity index (χ0n) is 22.7. The van der Waals surface area contributed by atoms with E-state index in [9.17, 15) is 18.0 Å². The van der Waals surface area contributed by atoms with Crippen LogP contribution in [0.4, 0.5) is 30.5 Å². The van der Waals surface area contributed by atoms with Gasteiger partial charge in [0, 0.05) is 29.9 Å². The van der Waals surface area contributed by atoms with Crippen LogP contribution >= 0.6 is 0 Å². The Labute approximate surface area is 232 Å². The van der Waals surface area contributed by atoms with Gasteiger partial charge in [-0.3, -0.25) is 10.2 Å². The van der Waals surface area contributed by atoms with Gasteiger partial charge in [0.05, 0.1) is 11.1 Å². The molecule has 5 N–H and O–H groups in total. The summed E-state index contributed by atoms with van der Waals surface area (Å²) in [4.78, 5) is 18.6. The van der Waals surface area contributed by atoms with Crippen LogP contribution in [0.1, 0.15) is 70.3 Å². The van der Waals surface area contributed by atoms with Crippen LogP contribution in [0.5, 0.6) is 0 Å². The lowest BCUT2D eigenvalue weighted by Crippen LogP contribution is -2.24. The first-order chi connectivity index (χ1) is 19.0. The largest absolute Gasteiger partial charge is 0.416 e. The Bertz CT molecular complexity index is 1420. The molecule has 0 saturated heterocycles. The quantitative estimate of drug-likeness (QED) is 0.166. The van der Waals surface area contributed by atoms with Crippen molar-refractivity contribution in [2.45, 2.75) is 58.2 Å². The minimum Gasteiger partial charge on any atom is -0.388 e. The van der Waals surface area contributed by atoms with Gasteiger partial charge in [0.1, 0.15) is 30.0 Å². The van der Waals surface area contributed by atoms with Gasteiger partial charge >= 0.3 is 6.18 Å². The number of nitrogen functional groups attached to an aromatic ring is 1. The number of aromatic nitrogens is 2. The first kappa shape index (κ1) is 30.2. The minimum absolute atomic E-state index is 0.0397. The van der Waals surface area contributed by atoms with E-state index in [0.717, 1.165) is 35.7 Å². The lowest BCUT2D eigenvalue weighted by atomic mass is 9.95. The molecule has 0 aliphatic heterocycles. The van der Waals surface area contributed by atoms with E-state index < -0.39 is 11.7 Å². The average molecular weight is 551 g/mol. The van der Waals surface area contributed by atoms with Crippen molar-refractivity contribution in [1.29, 1.82) is 5.41 Å². The number of benzene rings is 2. The first-order valence-corrected chi connectivity index (χ1v) is 12.9. The second-order valence-electron chi connectivity index (χ2n) is 9.56. The molecule has 7 nitrogen and oxygen atoms in total. The lowest BCUT2D eigenvalue weighted by Gasteiger charge is -2.24. The highest BCUT2D eigenvalue weighted by atomic mass is 19.4. The van der Waals surface area contributed by atoms with Crippen LogP contribution in [0.3, 0.4) is 0 Å². The number of nitrogens with one attached hydrogen (secondary N) is 3. The zero-order chi connectivity index (χ0) is 29.3. The molecule has 0 radical (unpaired) electrons. The number of anilines is 3. The van der Waals surface area contributed by atoms with Crippen molar-refractivity contribution >= 4 is 29.3 Å². The van der Waals surface area contributed by atoms with Gasteiger partial charge in [-0.25, -0.2) is 9.97 Å². The smallest absolute Gasteiger partial charge is 0.388 e. The molecule has 1 aromatic heterocycles. The molecule has 1 fully saturated rings. The van der Waals surface area contributed by atoms with Crippen molar-refractivity contribution in [2.75, 3.05) is 23.4 Å². The molecule has 0 bridgehead atoms. The third-order valence-electron chi connectivity index (χ3n) is 6.62. The van der Waals surface area contributed by atoms with Crippen LogP contribution in [0.15, 0.2) is 42.7 Å². The standard InChI is InChI=1S/C21H26N6.C9H7F3O/c1-14-8-10-17(24-2)12-15(14)9-11-18(22)19-20(23)25-13-26-21(19)27-16-6-4-3-5-7-16;1-6-2-3-7(5-13)4-8(6)9(10,11)12/h8,10,12-13,16,22,24H,3-7H2,1-2H3,(H3,23,25,26,27);2-5H,1H3. The monoisotopic (exact) mass is 550 g/mol. The van der Waals surface area contributed by atoms with E-state index in [-0.39, 0.29) is 22.7 Å². The molecule has 1 saturated carbocycles. The fourth-order valence-corrected chi connectivity index (χ4v) is 4.32. The fourth-order valence-electron chi connectivity index (χ4n) is 4.32. The zero-order valence-corrected chi connectivity index (χ0v) is 22.7. The van der Waals surface area contributed by atoms with E-state index >= 15 is 0 Å². The van der Waals surface area contributed by atoms with Crippen LogP contribution in [0, 0.1) is 31.1 Å². The van der Waals surface area contributed by atoms with Gasteiger partial charge in [-0.2, -0.15) is 13.2 Å². The average Bonchev–Trinajstić information content (AvgIpc) is 2.93. The van der Waals surface area contributed by atoms with Crippen LogP contribution in [0.25, 0.3) is 0 Å². The van der Waals surface area contributed by atoms with Crippen LogP contribution < -0.4 is 16.4 Å². The highest BCUT2D eigenvalue weighted by molar-refractivity contribution is 6.16. The molecule has 0 amide bonds. The predicted octanol–water partition coefficient (Wildman–Crippen LogP) is 6.40. The predicted molar refractivity (Wildman–Crippen MR) is 153 cm³/mol.